The summed E-state index contributed by atoms with van der Waals surface area (Å²) < 4.78 is 16.9. The Morgan fingerprint density at radius 3 is 1.89 bits per heavy atom. The van der Waals surface area contributed by atoms with Crippen molar-refractivity contribution in [3.8, 4) is 0 Å². The van der Waals surface area contributed by atoms with Crippen molar-refractivity contribution in [2.24, 2.45) is 38.8 Å². The van der Waals surface area contributed by atoms with Gasteiger partial charge in [0, 0.05) is 19.6 Å². The third kappa shape index (κ3) is 19.8. The van der Waals surface area contributed by atoms with Crippen LogP contribution in [0.2, 0.25) is 0 Å². The first-order valence-corrected chi connectivity index (χ1v) is 21.2. The summed E-state index contributed by atoms with van der Waals surface area (Å²) in [6.07, 6.45) is 1.29. The summed E-state index contributed by atoms with van der Waals surface area (Å²) in [5, 5.41) is 10.9. The molecular weight excluding hydrogens is 803 g/mol. The van der Waals surface area contributed by atoms with E-state index in [2.05, 4.69) is 31.3 Å². The number of likely N-dealkylation sites (tertiary alicyclic amines) is 1. The Balaban J connectivity index is 2.38. The number of nitrogens with two attached hydrogens (primary N) is 4. The molecule has 348 valence electrons. The van der Waals surface area contributed by atoms with Crippen molar-refractivity contribution in [2.75, 3.05) is 26.2 Å². The smallest absolute Gasteiger partial charge is 0.408 e. The highest BCUT2D eigenvalue weighted by Gasteiger charge is 2.41. The molecule has 1 aromatic rings. The van der Waals surface area contributed by atoms with Crippen LogP contribution in [0.4, 0.5) is 4.79 Å². The summed E-state index contributed by atoms with van der Waals surface area (Å²) >= 11 is 0. The van der Waals surface area contributed by atoms with Gasteiger partial charge < -0.3 is 63.3 Å². The number of alkyl carbamates (subject to hydrolysis) is 1. The van der Waals surface area contributed by atoms with Gasteiger partial charge in [0.05, 0.1) is 12.2 Å². The topological polar surface area (TPSA) is 310 Å². The van der Waals surface area contributed by atoms with E-state index in [-0.39, 0.29) is 64.0 Å². The lowest BCUT2D eigenvalue weighted by Crippen LogP contribution is -2.61. The van der Waals surface area contributed by atoms with Crippen molar-refractivity contribution < 1.29 is 43.0 Å². The van der Waals surface area contributed by atoms with Gasteiger partial charge in [0.25, 0.3) is 0 Å². The van der Waals surface area contributed by atoms with Gasteiger partial charge in [0.2, 0.25) is 23.6 Å². The molecule has 5 amide bonds. The van der Waals surface area contributed by atoms with Crippen molar-refractivity contribution in [3.05, 3.63) is 35.9 Å². The number of benzene rings is 1. The largest absolute Gasteiger partial charge is 0.458 e. The molecule has 0 spiro atoms. The Morgan fingerprint density at radius 2 is 1.34 bits per heavy atom. The first-order chi connectivity index (χ1) is 29.0. The molecule has 62 heavy (non-hydrogen) atoms. The molecule has 0 aliphatic carbocycles. The van der Waals surface area contributed by atoms with E-state index in [4.69, 9.17) is 37.1 Å². The van der Waals surface area contributed by atoms with Crippen LogP contribution in [0.1, 0.15) is 106 Å². The normalized spacial score (nSPS) is 16.3. The number of amides is 5. The Kier molecular flexibility index (Phi) is 21.4. The van der Waals surface area contributed by atoms with Gasteiger partial charge in [0.15, 0.2) is 11.9 Å². The fraction of sp³-hybridized carbons (Fsp3) is 0.667. The zero-order valence-electron chi connectivity index (χ0n) is 37.7. The minimum absolute atomic E-state index is 0.0436. The van der Waals surface area contributed by atoms with Crippen molar-refractivity contribution in [1.82, 2.24) is 26.2 Å². The predicted molar refractivity (Wildman–Crippen MR) is 235 cm³/mol. The fourth-order valence-electron chi connectivity index (χ4n) is 6.29. The van der Waals surface area contributed by atoms with E-state index < -0.39 is 83.0 Å². The number of rotatable bonds is 23. The number of hydrogen-bond acceptors (Lipinski definition) is 11. The Hall–Kier alpha value is -5.66. The second-order valence-electron chi connectivity index (χ2n) is 17.3. The standard InChI is InChI=1S/C42H71N11O9/c1-9-26(2)32(52-33(54)28(18-13-21-47-38(43)44)51-40(59)60-24-27-16-11-10-12-17-27)35(56)50-30(25-61-41(3,4)5)34(55)49-29(19-14-22-48-39(45)46)36(57)53-23-15-20-31(53)37(58)62-42(6,7)8/h10-12,16-17,26,28-32H,9,13-15,18-25H2,1-8H3,(H,49,55)(H,50,56)(H,51,59)(H,52,54)(H4,43,44,47)(H4,45,46,48)/t26-,28-,29-,30-,31-,32-/m0/s1. The third-order valence-electron chi connectivity index (χ3n) is 9.65. The third-order valence-corrected chi connectivity index (χ3v) is 9.65. The van der Waals surface area contributed by atoms with E-state index in [1.807, 2.05) is 13.0 Å². The van der Waals surface area contributed by atoms with Gasteiger partial charge in [-0.05, 0) is 91.5 Å². The molecule has 20 nitrogen and oxygen atoms in total. The maximum atomic E-state index is 14.2. The summed E-state index contributed by atoms with van der Waals surface area (Å²) in [4.78, 5) is 92.0. The highest BCUT2D eigenvalue weighted by molar-refractivity contribution is 5.96. The van der Waals surface area contributed by atoms with Gasteiger partial charge in [-0.2, -0.15) is 0 Å². The number of hydrogen-bond donors (Lipinski definition) is 8. The molecule has 0 saturated carbocycles. The van der Waals surface area contributed by atoms with Crippen LogP contribution in [0.15, 0.2) is 40.3 Å². The number of nitrogens with zero attached hydrogens (tertiary/aromatic N) is 3. The minimum Gasteiger partial charge on any atom is -0.458 e. The van der Waals surface area contributed by atoms with E-state index >= 15 is 0 Å². The molecular formula is C42H71N11O9. The first kappa shape index (κ1) is 52.5. The Labute approximate surface area is 365 Å². The molecule has 20 heteroatoms. The minimum atomic E-state index is -1.35. The van der Waals surface area contributed by atoms with E-state index in [9.17, 15) is 28.8 Å². The molecule has 1 heterocycles. The molecule has 12 N–H and O–H groups in total. The van der Waals surface area contributed by atoms with Crippen molar-refractivity contribution in [2.45, 2.75) is 148 Å². The van der Waals surface area contributed by atoms with Gasteiger partial charge in [0.1, 0.15) is 42.4 Å². The van der Waals surface area contributed by atoms with Crippen LogP contribution >= 0.6 is 0 Å². The van der Waals surface area contributed by atoms with Crippen LogP contribution in [-0.2, 0) is 44.8 Å². The number of ether oxygens (including phenoxy) is 3. The molecule has 6 atom stereocenters. The monoisotopic (exact) mass is 874 g/mol. The van der Waals surface area contributed by atoms with Crippen molar-refractivity contribution in [3.63, 3.8) is 0 Å². The second-order valence-corrected chi connectivity index (χ2v) is 17.3. The number of esters is 1. The predicted octanol–water partition coefficient (Wildman–Crippen LogP) is 1.04. The van der Waals surface area contributed by atoms with E-state index in [0.29, 0.717) is 25.7 Å². The number of aliphatic imine (C=N–C) groups is 2. The zero-order valence-corrected chi connectivity index (χ0v) is 37.7. The molecule has 0 unspecified atom stereocenters. The molecule has 1 aromatic carbocycles. The summed E-state index contributed by atoms with van der Waals surface area (Å²) in [6, 6.07) is 3.30. The molecule has 1 saturated heterocycles. The summed E-state index contributed by atoms with van der Waals surface area (Å²) in [6.45, 7) is 14.4. The molecule has 1 aliphatic rings. The van der Waals surface area contributed by atoms with Crippen molar-refractivity contribution >= 4 is 47.6 Å². The summed E-state index contributed by atoms with van der Waals surface area (Å²) in [5.74, 6) is -3.93. The maximum Gasteiger partial charge on any atom is 0.408 e. The van der Waals surface area contributed by atoms with Crippen LogP contribution < -0.4 is 44.2 Å². The first-order valence-electron chi connectivity index (χ1n) is 21.2. The quantitative estimate of drug-likeness (QED) is 0.0330. The highest BCUT2D eigenvalue weighted by atomic mass is 16.6. The van der Waals surface area contributed by atoms with Gasteiger partial charge in [-0.3, -0.25) is 29.2 Å². The number of nitrogens with one attached hydrogen (secondary N) is 4. The second kappa shape index (κ2) is 25.3. The van der Waals surface area contributed by atoms with Gasteiger partial charge in [-0.1, -0.05) is 50.6 Å². The maximum absolute atomic E-state index is 14.2. The van der Waals surface area contributed by atoms with E-state index in [0.717, 1.165) is 5.56 Å². The summed E-state index contributed by atoms with van der Waals surface area (Å²) in [7, 11) is 0. The Bertz CT molecular complexity index is 1690. The average Bonchev–Trinajstić information content (AvgIpc) is 3.69. The number of carbonyl (C=O) groups excluding carboxylic acids is 6. The van der Waals surface area contributed by atoms with Crippen LogP contribution in [0.3, 0.4) is 0 Å². The lowest BCUT2D eigenvalue weighted by Gasteiger charge is -2.32. The fourth-order valence-corrected chi connectivity index (χ4v) is 6.29. The van der Waals surface area contributed by atoms with Crippen LogP contribution in [0.25, 0.3) is 0 Å². The highest BCUT2D eigenvalue weighted by Crippen LogP contribution is 2.23. The molecule has 0 bridgehead atoms. The number of guanidine groups is 2. The van der Waals surface area contributed by atoms with E-state index in [1.54, 1.807) is 72.7 Å². The Morgan fingerprint density at radius 1 is 0.774 bits per heavy atom. The van der Waals surface area contributed by atoms with Crippen LogP contribution in [-0.4, -0.2) is 120 Å². The average molecular weight is 874 g/mol. The molecule has 0 radical (unpaired) electrons. The van der Waals surface area contributed by atoms with Crippen molar-refractivity contribution in [1.29, 1.82) is 0 Å². The van der Waals surface area contributed by atoms with E-state index in [1.165, 1.54) is 4.90 Å². The lowest BCUT2D eigenvalue weighted by atomic mass is 9.97. The van der Waals surface area contributed by atoms with Crippen LogP contribution in [0, 0.1) is 5.92 Å². The van der Waals surface area contributed by atoms with Gasteiger partial charge >= 0.3 is 12.1 Å². The SMILES string of the molecule is CC[C@H](C)[C@H](NC(=O)[C@H](CCCN=C(N)N)NC(=O)OCc1ccccc1)C(=O)N[C@@H](COC(C)(C)C)C(=O)N[C@@H](CCCN=C(N)N)C(=O)N1CCC[C@H]1C(=O)OC(C)(C)C. The molecule has 1 aliphatic heterocycles. The summed E-state index contributed by atoms with van der Waals surface area (Å²) in [5.41, 5.74) is 21.2. The number of carbonyl (C=O) groups is 6. The molecule has 0 aromatic heterocycles. The molecule has 1 fully saturated rings. The van der Waals surface area contributed by atoms with Gasteiger partial charge in [-0.25, -0.2) is 9.59 Å². The zero-order chi connectivity index (χ0) is 46.6. The van der Waals surface area contributed by atoms with Crippen LogP contribution in [0.5, 0.6) is 0 Å². The lowest BCUT2D eigenvalue weighted by molar-refractivity contribution is -0.163. The molecule has 2 rings (SSSR count). The van der Waals surface area contributed by atoms with Gasteiger partial charge in [-0.15, -0.1) is 0 Å².